The summed E-state index contributed by atoms with van der Waals surface area (Å²) in [7, 11) is 0. The number of nitrogens with two attached hydrogens (primary N) is 1. The number of H-pyrrole nitrogens is 1. The first-order valence-corrected chi connectivity index (χ1v) is 5.84. The van der Waals surface area contributed by atoms with Crippen molar-refractivity contribution in [3.8, 4) is 0 Å². The molecule has 0 radical (unpaired) electrons. The van der Waals surface area contributed by atoms with Crippen molar-refractivity contribution in [2.24, 2.45) is 5.73 Å². The Hall–Kier alpha value is -1.40. The van der Waals surface area contributed by atoms with Gasteiger partial charge in [-0.25, -0.2) is 4.98 Å². The number of nitrogens with zero attached hydrogens (tertiary/aromatic N) is 1. The first-order valence-electron chi connectivity index (χ1n) is 5.84. The molecule has 0 aromatic carbocycles. The fraction of sp³-hybridized carbons (Fsp3) is 0.636. The Labute approximate surface area is 99.9 Å². The second-order valence-electron chi connectivity index (χ2n) is 4.31. The molecule has 1 aliphatic heterocycles. The van der Waals surface area contributed by atoms with Crippen LogP contribution in [-0.2, 0) is 16.0 Å². The summed E-state index contributed by atoms with van der Waals surface area (Å²) in [5.41, 5.74) is 5.28. The van der Waals surface area contributed by atoms with E-state index < -0.39 is 5.54 Å². The van der Waals surface area contributed by atoms with Crippen LogP contribution in [0, 0.1) is 0 Å². The van der Waals surface area contributed by atoms with Crippen LogP contribution in [0.1, 0.15) is 18.7 Å². The van der Waals surface area contributed by atoms with Crippen molar-refractivity contribution < 1.29 is 9.53 Å². The Morgan fingerprint density at radius 1 is 1.59 bits per heavy atom. The highest BCUT2D eigenvalue weighted by Gasteiger charge is 2.35. The van der Waals surface area contributed by atoms with E-state index in [1.54, 1.807) is 12.4 Å². The number of hydrogen-bond donors (Lipinski definition) is 3. The van der Waals surface area contributed by atoms with Gasteiger partial charge in [-0.2, -0.15) is 0 Å². The summed E-state index contributed by atoms with van der Waals surface area (Å²) in [5, 5.41) is 2.85. The number of carbonyl (C=O) groups excluding carboxylic acids is 1. The third kappa shape index (κ3) is 3.04. The van der Waals surface area contributed by atoms with Gasteiger partial charge in [-0.1, -0.05) is 0 Å². The summed E-state index contributed by atoms with van der Waals surface area (Å²) in [5.74, 6) is 0.774. The lowest BCUT2D eigenvalue weighted by Crippen LogP contribution is -2.57. The Bertz CT molecular complexity index is 358. The average Bonchev–Trinajstić information content (AvgIpc) is 2.83. The Morgan fingerprint density at radius 2 is 2.35 bits per heavy atom. The normalized spacial score (nSPS) is 18.9. The van der Waals surface area contributed by atoms with Crippen molar-refractivity contribution in [2.75, 3.05) is 19.8 Å². The van der Waals surface area contributed by atoms with Crippen molar-refractivity contribution in [2.45, 2.75) is 24.8 Å². The largest absolute Gasteiger partial charge is 0.381 e. The molecule has 6 heteroatoms. The molecule has 0 bridgehead atoms. The average molecular weight is 238 g/mol. The minimum Gasteiger partial charge on any atom is -0.381 e. The molecule has 4 N–H and O–H groups in total. The number of nitrogens with one attached hydrogen (secondary N) is 2. The van der Waals surface area contributed by atoms with Crippen molar-refractivity contribution in [3.05, 3.63) is 18.2 Å². The summed E-state index contributed by atoms with van der Waals surface area (Å²) in [6.45, 7) is 1.66. The smallest absolute Gasteiger partial charge is 0.240 e. The molecule has 0 aliphatic carbocycles. The van der Waals surface area contributed by atoms with Crippen molar-refractivity contribution in [1.29, 1.82) is 0 Å². The van der Waals surface area contributed by atoms with Gasteiger partial charge in [-0.15, -0.1) is 0 Å². The maximum Gasteiger partial charge on any atom is 0.240 e. The zero-order valence-corrected chi connectivity index (χ0v) is 9.74. The lowest BCUT2D eigenvalue weighted by Gasteiger charge is -2.31. The second kappa shape index (κ2) is 5.29. The van der Waals surface area contributed by atoms with Gasteiger partial charge in [0.25, 0.3) is 0 Å². The van der Waals surface area contributed by atoms with Crippen LogP contribution in [0.25, 0.3) is 0 Å². The maximum atomic E-state index is 11.9. The molecule has 2 heterocycles. The van der Waals surface area contributed by atoms with Crippen molar-refractivity contribution >= 4 is 5.91 Å². The van der Waals surface area contributed by atoms with E-state index in [9.17, 15) is 4.79 Å². The van der Waals surface area contributed by atoms with Gasteiger partial charge in [-0.3, -0.25) is 4.79 Å². The highest BCUT2D eigenvalue weighted by Crippen LogP contribution is 2.17. The highest BCUT2D eigenvalue weighted by atomic mass is 16.5. The van der Waals surface area contributed by atoms with E-state index in [-0.39, 0.29) is 5.91 Å². The number of aromatic nitrogens is 2. The van der Waals surface area contributed by atoms with E-state index in [4.69, 9.17) is 10.5 Å². The summed E-state index contributed by atoms with van der Waals surface area (Å²) in [6, 6.07) is 0. The van der Waals surface area contributed by atoms with Crippen LogP contribution in [0.4, 0.5) is 0 Å². The van der Waals surface area contributed by atoms with E-state index in [1.807, 2.05) is 0 Å². The van der Waals surface area contributed by atoms with Gasteiger partial charge in [0.1, 0.15) is 5.82 Å². The molecular formula is C11H18N4O2. The highest BCUT2D eigenvalue weighted by molar-refractivity contribution is 5.86. The zero-order valence-electron chi connectivity index (χ0n) is 9.74. The fourth-order valence-electron chi connectivity index (χ4n) is 1.87. The SMILES string of the molecule is NC1(C(=O)NCCc2ncc[nH]2)CCOCC1. The fourth-order valence-corrected chi connectivity index (χ4v) is 1.87. The van der Waals surface area contributed by atoms with Crippen molar-refractivity contribution in [1.82, 2.24) is 15.3 Å². The molecule has 2 rings (SSSR count). The Kier molecular flexibility index (Phi) is 3.75. The number of rotatable bonds is 4. The van der Waals surface area contributed by atoms with Crippen LogP contribution in [0.5, 0.6) is 0 Å². The molecule has 94 valence electrons. The van der Waals surface area contributed by atoms with Crippen LogP contribution >= 0.6 is 0 Å². The van der Waals surface area contributed by atoms with Gasteiger partial charge in [0.05, 0.1) is 5.54 Å². The number of ether oxygens (including phenoxy) is 1. The minimum atomic E-state index is -0.762. The zero-order chi connectivity index (χ0) is 12.1. The van der Waals surface area contributed by atoms with Gasteiger partial charge in [0.15, 0.2) is 0 Å². The first-order chi connectivity index (χ1) is 8.21. The monoisotopic (exact) mass is 238 g/mol. The number of imidazole rings is 1. The summed E-state index contributed by atoms with van der Waals surface area (Å²) >= 11 is 0. The molecule has 1 amide bonds. The Balaban J connectivity index is 1.76. The molecule has 1 aromatic rings. The molecule has 0 unspecified atom stereocenters. The lowest BCUT2D eigenvalue weighted by molar-refractivity contribution is -0.129. The van der Waals surface area contributed by atoms with Crippen LogP contribution in [0.3, 0.4) is 0 Å². The van der Waals surface area contributed by atoms with Gasteiger partial charge in [0.2, 0.25) is 5.91 Å². The number of amides is 1. The molecule has 17 heavy (non-hydrogen) atoms. The van der Waals surface area contributed by atoms with Crippen LogP contribution in [0.2, 0.25) is 0 Å². The molecule has 0 spiro atoms. The van der Waals surface area contributed by atoms with E-state index in [0.29, 0.717) is 39.0 Å². The maximum absolute atomic E-state index is 11.9. The summed E-state index contributed by atoms with van der Waals surface area (Å²) in [6.07, 6.45) is 5.31. The summed E-state index contributed by atoms with van der Waals surface area (Å²) in [4.78, 5) is 19.0. The third-order valence-electron chi connectivity index (χ3n) is 3.04. The van der Waals surface area contributed by atoms with Crippen LogP contribution < -0.4 is 11.1 Å². The topological polar surface area (TPSA) is 93.0 Å². The molecule has 0 atom stereocenters. The molecule has 1 aromatic heterocycles. The van der Waals surface area contributed by atoms with Crippen LogP contribution in [-0.4, -0.2) is 41.2 Å². The Morgan fingerprint density at radius 3 is 3.00 bits per heavy atom. The number of hydrogen-bond acceptors (Lipinski definition) is 4. The van der Waals surface area contributed by atoms with Crippen molar-refractivity contribution in [3.63, 3.8) is 0 Å². The predicted molar refractivity (Wildman–Crippen MR) is 62.3 cm³/mol. The molecule has 1 aliphatic rings. The van der Waals surface area contributed by atoms with E-state index >= 15 is 0 Å². The van der Waals surface area contributed by atoms with Gasteiger partial charge in [-0.05, 0) is 12.8 Å². The molecular weight excluding hydrogens is 220 g/mol. The standard InChI is InChI=1S/C11H18N4O2/c12-11(2-7-17-8-3-11)10(16)15-4-1-9-13-5-6-14-9/h5-6H,1-4,7-8,12H2,(H,13,14)(H,15,16). The molecule has 1 fully saturated rings. The molecule has 1 saturated heterocycles. The number of carbonyl (C=O) groups is 1. The molecule has 0 saturated carbocycles. The predicted octanol–water partition coefficient (Wildman–Crippen LogP) is -0.424. The second-order valence-corrected chi connectivity index (χ2v) is 4.31. The van der Waals surface area contributed by atoms with Crippen LogP contribution in [0.15, 0.2) is 12.4 Å². The quantitative estimate of drug-likeness (QED) is 0.664. The third-order valence-corrected chi connectivity index (χ3v) is 3.04. The minimum absolute atomic E-state index is 0.0904. The van der Waals surface area contributed by atoms with Gasteiger partial charge in [0, 0.05) is 38.6 Å². The van der Waals surface area contributed by atoms with E-state index in [0.717, 1.165) is 5.82 Å². The molecule has 6 nitrogen and oxygen atoms in total. The lowest BCUT2D eigenvalue weighted by atomic mass is 9.90. The number of aromatic amines is 1. The van der Waals surface area contributed by atoms with E-state index in [2.05, 4.69) is 15.3 Å². The first kappa shape index (κ1) is 12.1. The summed E-state index contributed by atoms with van der Waals surface area (Å²) < 4.78 is 5.20. The van der Waals surface area contributed by atoms with Gasteiger partial charge >= 0.3 is 0 Å². The van der Waals surface area contributed by atoms with Gasteiger partial charge < -0.3 is 20.8 Å². The van der Waals surface area contributed by atoms with E-state index in [1.165, 1.54) is 0 Å².